The lowest BCUT2D eigenvalue weighted by molar-refractivity contribution is 0.0872. The third kappa shape index (κ3) is 4.82. The van der Waals surface area contributed by atoms with Gasteiger partial charge in [-0.15, -0.1) is 0 Å². The molecule has 162 valence electrons. The lowest BCUT2D eigenvalue weighted by atomic mass is 9.70. The molecule has 1 aliphatic carbocycles. The Morgan fingerprint density at radius 1 is 1.23 bits per heavy atom. The molecule has 2 atom stereocenters. The van der Waals surface area contributed by atoms with E-state index >= 15 is 0 Å². The molecular formula is C25H28ClN3O2. The number of carbonyl (C=O) groups is 1. The first kappa shape index (κ1) is 21.6. The van der Waals surface area contributed by atoms with Crippen molar-refractivity contribution in [2.24, 2.45) is 11.3 Å². The number of benzene rings is 1. The van der Waals surface area contributed by atoms with E-state index in [9.17, 15) is 9.59 Å². The molecule has 1 N–H and O–H groups in total. The van der Waals surface area contributed by atoms with Crippen LogP contribution in [0.4, 0.5) is 0 Å². The second-order valence-corrected chi connectivity index (χ2v) is 10.0. The summed E-state index contributed by atoms with van der Waals surface area (Å²) in [4.78, 5) is 31.0. The fraction of sp³-hybridized carbons (Fsp3) is 0.400. The van der Waals surface area contributed by atoms with E-state index in [0.717, 1.165) is 30.2 Å². The van der Waals surface area contributed by atoms with E-state index in [1.807, 2.05) is 24.3 Å². The first-order valence-electron chi connectivity index (χ1n) is 10.8. The van der Waals surface area contributed by atoms with Crippen molar-refractivity contribution >= 4 is 28.5 Å². The smallest absolute Gasteiger partial charge is 0.265 e. The minimum Gasteiger partial charge on any atom is -0.349 e. The van der Waals surface area contributed by atoms with Crippen LogP contribution in [0.2, 0.25) is 5.02 Å². The Labute approximate surface area is 187 Å². The maximum Gasteiger partial charge on any atom is 0.265 e. The molecule has 2 unspecified atom stereocenters. The summed E-state index contributed by atoms with van der Waals surface area (Å²) in [7, 11) is 0. The highest BCUT2D eigenvalue weighted by atomic mass is 35.5. The Hall–Kier alpha value is -2.66. The molecule has 0 spiro atoms. The van der Waals surface area contributed by atoms with Crippen molar-refractivity contribution in [1.29, 1.82) is 0 Å². The van der Waals surface area contributed by atoms with Gasteiger partial charge in [0.25, 0.3) is 11.5 Å². The minimum atomic E-state index is -0.332. The van der Waals surface area contributed by atoms with Crippen LogP contribution in [-0.4, -0.2) is 21.5 Å². The molecule has 3 aromatic rings. The molecule has 0 radical (unpaired) electrons. The average molecular weight is 438 g/mol. The van der Waals surface area contributed by atoms with E-state index in [1.54, 1.807) is 29.0 Å². The summed E-state index contributed by atoms with van der Waals surface area (Å²) in [6.45, 7) is 7.02. The third-order valence-electron chi connectivity index (χ3n) is 6.07. The van der Waals surface area contributed by atoms with Gasteiger partial charge in [0.2, 0.25) is 0 Å². The number of fused-ring (bicyclic) bond motifs is 1. The Morgan fingerprint density at radius 3 is 2.68 bits per heavy atom. The van der Waals surface area contributed by atoms with E-state index in [1.165, 1.54) is 0 Å². The van der Waals surface area contributed by atoms with E-state index in [2.05, 4.69) is 31.1 Å². The van der Waals surface area contributed by atoms with Crippen molar-refractivity contribution in [3.63, 3.8) is 0 Å². The second kappa shape index (κ2) is 8.46. The van der Waals surface area contributed by atoms with Crippen molar-refractivity contribution in [2.75, 3.05) is 0 Å². The van der Waals surface area contributed by atoms with Crippen molar-refractivity contribution in [3.8, 4) is 0 Å². The van der Waals surface area contributed by atoms with Crippen LogP contribution in [0.3, 0.4) is 0 Å². The van der Waals surface area contributed by atoms with Gasteiger partial charge >= 0.3 is 0 Å². The van der Waals surface area contributed by atoms with E-state index < -0.39 is 0 Å². The highest BCUT2D eigenvalue weighted by Crippen LogP contribution is 2.38. The van der Waals surface area contributed by atoms with Crippen LogP contribution < -0.4 is 10.9 Å². The zero-order valence-corrected chi connectivity index (χ0v) is 18.9. The molecule has 0 saturated heterocycles. The molecule has 0 aliphatic heterocycles. The molecule has 1 fully saturated rings. The number of carbonyl (C=O) groups excluding carboxylic acids is 1. The fourth-order valence-electron chi connectivity index (χ4n) is 5.01. The van der Waals surface area contributed by atoms with E-state index in [-0.39, 0.29) is 28.5 Å². The molecular weight excluding hydrogens is 410 g/mol. The minimum absolute atomic E-state index is 0.0694. The summed E-state index contributed by atoms with van der Waals surface area (Å²) in [5.41, 5.74) is 1.48. The van der Waals surface area contributed by atoms with Crippen LogP contribution in [0.5, 0.6) is 0 Å². The van der Waals surface area contributed by atoms with Gasteiger partial charge in [0.05, 0.1) is 6.54 Å². The average Bonchev–Trinajstić information content (AvgIpc) is 2.69. The van der Waals surface area contributed by atoms with Crippen molar-refractivity contribution < 1.29 is 4.79 Å². The number of aromatic nitrogens is 2. The van der Waals surface area contributed by atoms with Crippen LogP contribution in [0, 0.1) is 11.3 Å². The van der Waals surface area contributed by atoms with Crippen LogP contribution in [0.1, 0.15) is 56.0 Å². The van der Waals surface area contributed by atoms with Crippen molar-refractivity contribution in [1.82, 2.24) is 14.9 Å². The first-order valence-corrected chi connectivity index (χ1v) is 11.1. The fourth-order valence-corrected chi connectivity index (χ4v) is 5.13. The van der Waals surface area contributed by atoms with Crippen LogP contribution in [0.15, 0.2) is 53.5 Å². The highest BCUT2D eigenvalue weighted by molar-refractivity contribution is 6.30. The topological polar surface area (TPSA) is 64.0 Å². The van der Waals surface area contributed by atoms with E-state index in [0.29, 0.717) is 23.1 Å². The number of hydrogen-bond donors (Lipinski definition) is 1. The summed E-state index contributed by atoms with van der Waals surface area (Å²) in [6, 6.07) is 12.8. The SMILES string of the molecule is CC1CC(NC(=O)c2cc3cccnc3n(Cc3ccc(Cl)cc3)c2=O)CC(C)(C)C1. The van der Waals surface area contributed by atoms with Gasteiger partial charge in [-0.25, -0.2) is 4.98 Å². The van der Waals surface area contributed by atoms with Crippen LogP contribution >= 0.6 is 11.6 Å². The number of hydrogen-bond acceptors (Lipinski definition) is 3. The second-order valence-electron chi connectivity index (χ2n) is 9.58. The van der Waals surface area contributed by atoms with Gasteiger partial charge in [0.15, 0.2) is 0 Å². The van der Waals surface area contributed by atoms with Gasteiger partial charge < -0.3 is 5.32 Å². The van der Waals surface area contributed by atoms with E-state index in [4.69, 9.17) is 11.6 Å². The Kier molecular flexibility index (Phi) is 5.89. The lowest BCUT2D eigenvalue weighted by Crippen LogP contribution is -2.44. The molecule has 1 amide bonds. The molecule has 0 bridgehead atoms. The highest BCUT2D eigenvalue weighted by Gasteiger charge is 2.33. The summed E-state index contributed by atoms with van der Waals surface area (Å²) in [5, 5.41) is 4.53. The Balaban J connectivity index is 1.69. The predicted molar refractivity (Wildman–Crippen MR) is 125 cm³/mol. The largest absolute Gasteiger partial charge is 0.349 e. The normalized spacial score (nSPS) is 20.5. The first-order chi connectivity index (χ1) is 14.7. The molecule has 4 rings (SSSR count). The summed E-state index contributed by atoms with van der Waals surface area (Å²) < 4.78 is 1.57. The monoisotopic (exact) mass is 437 g/mol. The van der Waals surface area contributed by atoms with Crippen LogP contribution in [0.25, 0.3) is 11.0 Å². The number of amides is 1. The standard InChI is InChI=1S/C25H28ClN3O2/c1-16-11-20(14-25(2,3)13-16)28-23(30)21-12-18-5-4-10-27-22(18)29(24(21)31)15-17-6-8-19(26)9-7-17/h4-10,12,16,20H,11,13-15H2,1-3H3,(H,28,30). The number of halogens is 1. The maximum absolute atomic E-state index is 13.4. The third-order valence-corrected chi connectivity index (χ3v) is 6.32. The quantitative estimate of drug-likeness (QED) is 0.621. The number of rotatable bonds is 4. The molecule has 31 heavy (non-hydrogen) atoms. The van der Waals surface area contributed by atoms with Gasteiger partial charge in [0, 0.05) is 22.6 Å². The molecule has 6 heteroatoms. The summed E-state index contributed by atoms with van der Waals surface area (Å²) >= 11 is 6.00. The molecule has 1 aromatic carbocycles. The predicted octanol–water partition coefficient (Wildman–Crippen LogP) is 5.04. The molecule has 1 saturated carbocycles. The zero-order valence-electron chi connectivity index (χ0n) is 18.2. The summed E-state index contributed by atoms with van der Waals surface area (Å²) in [5.74, 6) is 0.229. The number of pyridine rings is 2. The Morgan fingerprint density at radius 2 is 1.97 bits per heavy atom. The van der Waals surface area contributed by atoms with Gasteiger partial charge in [-0.3, -0.25) is 14.2 Å². The molecule has 1 aliphatic rings. The van der Waals surface area contributed by atoms with Gasteiger partial charge in [-0.1, -0.05) is 44.5 Å². The number of nitrogens with one attached hydrogen (secondary N) is 1. The van der Waals surface area contributed by atoms with Gasteiger partial charge in [-0.05, 0) is 66.5 Å². The zero-order chi connectivity index (χ0) is 22.2. The summed E-state index contributed by atoms with van der Waals surface area (Å²) in [6.07, 6.45) is 4.65. The lowest BCUT2D eigenvalue weighted by Gasteiger charge is -2.39. The molecule has 2 aromatic heterocycles. The van der Waals surface area contributed by atoms with Crippen LogP contribution in [-0.2, 0) is 6.54 Å². The van der Waals surface area contributed by atoms with Crippen molar-refractivity contribution in [2.45, 2.75) is 52.6 Å². The van der Waals surface area contributed by atoms with Crippen molar-refractivity contribution in [3.05, 3.63) is 75.2 Å². The maximum atomic E-state index is 13.4. The Bertz CT molecular complexity index is 1170. The van der Waals surface area contributed by atoms with Gasteiger partial charge in [0.1, 0.15) is 11.2 Å². The molecule has 2 heterocycles. The number of nitrogens with zero attached hydrogens (tertiary/aromatic N) is 2. The molecule has 5 nitrogen and oxygen atoms in total. The van der Waals surface area contributed by atoms with Gasteiger partial charge in [-0.2, -0.15) is 0 Å².